The zero-order valence-corrected chi connectivity index (χ0v) is 20.7. The largest absolute Gasteiger partial charge is 0.461 e. The van der Waals surface area contributed by atoms with Gasteiger partial charge in [0.2, 0.25) is 11.7 Å². The molecule has 1 atom stereocenters. The minimum Gasteiger partial charge on any atom is -0.461 e. The number of nitriles is 1. The summed E-state index contributed by atoms with van der Waals surface area (Å²) < 4.78 is 7.30. The van der Waals surface area contributed by atoms with E-state index in [4.69, 9.17) is 4.42 Å². The maximum atomic E-state index is 12.8. The van der Waals surface area contributed by atoms with Crippen LogP contribution in [0.1, 0.15) is 43.2 Å². The summed E-state index contributed by atoms with van der Waals surface area (Å²) in [6, 6.07) is 5.93. The number of aromatic nitrogens is 3. The number of nitrogens with zero attached hydrogens (tertiary/aromatic N) is 4. The number of allylic oxidation sites excluding steroid dienone is 1. The molecule has 0 fully saturated rings. The summed E-state index contributed by atoms with van der Waals surface area (Å²) in [5.41, 5.74) is 1.96. The van der Waals surface area contributed by atoms with Crippen molar-refractivity contribution in [3.05, 3.63) is 47.1 Å². The summed E-state index contributed by atoms with van der Waals surface area (Å²) in [6.45, 7) is 11.1. The zero-order chi connectivity index (χ0) is 23.6. The number of nitrogens with one attached hydrogen (secondary N) is 1. The quantitative estimate of drug-likeness (QED) is 0.352. The number of thiophene rings is 1. The zero-order valence-electron chi connectivity index (χ0n) is 19.1. The summed E-state index contributed by atoms with van der Waals surface area (Å²) in [6.07, 6.45) is 6.26. The Hall–Kier alpha value is -2.83. The molecule has 0 saturated carbocycles. The Morgan fingerprint density at radius 2 is 2.30 bits per heavy atom. The van der Waals surface area contributed by atoms with Crippen LogP contribution in [0.4, 0.5) is 5.00 Å². The second-order valence-electron chi connectivity index (χ2n) is 9.15. The highest BCUT2D eigenvalue weighted by molar-refractivity contribution is 7.99. The molecule has 1 aliphatic rings. The van der Waals surface area contributed by atoms with E-state index in [1.807, 2.05) is 10.6 Å². The maximum Gasteiger partial charge on any atom is 0.235 e. The molecule has 1 aliphatic carbocycles. The van der Waals surface area contributed by atoms with Crippen LogP contribution in [0.15, 0.2) is 40.6 Å². The molecular weight excluding hydrogens is 454 g/mol. The normalized spacial score (nSPS) is 15.6. The molecule has 3 aromatic rings. The molecule has 0 radical (unpaired) electrons. The molecule has 9 heteroatoms. The smallest absolute Gasteiger partial charge is 0.235 e. The average molecular weight is 482 g/mol. The summed E-state index contributed by atoms with van der Waals surface area (Å²) in [5.74, 6) is 1.76. The van der Waals surface area contributed by atoms with Crippen molar-refractivity contribution in [1.29, 1.82) is 5.26 Å². The van der Waals surface area contributed by atoms with Crippen molar-refractivity contribution < 1.29 is 9.21 Å². The number of hydrogen-bond acceptors (Lipinski definition) is 7. The number of carbonyl (C=O) groups is 1. The first-order chi connectivity index (χ1) is 15.8. The van der Waals surface area contributed by atoms with Crippen molar-refractivity contribution in [2.45, 2.75) is 51.7 Å². The van der Waals surface area contributed by atoms with Gasteiger partial charge in [-0.3, -0.25) is 9.36 Å². The highest BCUT2D eigenvalue weighted by Gasteiger charge is 2.32. The second kappa shape index (κ2) is 9.57. The minimum atomic E-state index is -0.171. The Balaban J connectivity index is 1.46. The monoisotopic (exact) mass is 481 g/mol. The van der Waals surface area contributed by atoms with Gasteiger partial charge in [0.1, 0.15) is 11.1 Å². The minimum absolute atomic E-state index is 0.158. The van der Waals surface area contributed by atoms with Crippen molar-refractivity contribution in [2.24, 2.45) is 11.3 Å². The molecular formula is C24H27N5O2S2. The van der Waals surface area contributed by atoms with Gasteiger partial charge in [-0.2, -0.15) is 5.26 Å². The van der Waals surface area contributed by atoms with E-state index in [-0.39, 0.29) is 17.1 Å². The van der Waals surface area contributed by atoms with Crippen molar-refractivity contribution in [3.63, 3.8) is 0 Å². The van der Waals surface area contributed by atoms with Crippen LogP contribution in [0.25, 0.3) is 11.6 Å². The van der Waals surface area contributed by atoms with E-state index in [1.165, 1.54) is 16.6 Å². The lowest BCUT2D eigenvalue weighted by Crippen LogP contribution is -2.26. The van der Waals surface area contributed by atoms with Crippen molar-refractivity contribution in [2.75, 3.05) is 11.1 Å². The predicted octanol–water partition coefficient (Wildman–Crippen LogP) is 5.54. The van der Waals surface area contributed by atoms with E-state index in [2.05, 4.69) is 48.9 Å². The number of hydrogen-bond donors (Lipinski definition) is 1. The second-order valence-corrected chi connectivity index (χ2v) is 11.2. The topological polar surface area (TPSA) is 96.7 Å². The summed E-state index contributed by atoms with van der Waals surface area (Å²) >= 11 is 2.84. The standard InChI is InChI=1S/C24H27N5O2S2/c1-5-10-29-21(18-7-6-11-31-18)27-28-23(29)32-14-20(30)26-22-17(13-25)16-9-8-15(24(2,3)4)12-19(16)33-22/h5-7,11,15H,1,8-10,12,14H2,2-4H3,(H,26,30)/t15-/m0/s1. The fraction of sp³-hybridized carbons (Fsp3) is 0.417. The van der Waals surface area contributed by atoms with Crippen LogP contribution in [0.3, 0.4) is 0 Å². The van der Waals surface area contributed by atoms with Gasteiger partial charge < -0.3 is 9.73 Å². The first-order valence-corrected chi connectivity index (χ1v) is 12.7. The lowest BCUT2D eigenvalue weighted by atomic mass is 9.72. The summed E-state index contributed by atoms with van der Waals surface area (Å²) in [5, 5.41) is 22.4. The first kappa shape index (κ1) is 23.3. The third-order valence-electron chi connectivity index (χ3n) is 5.96. The van der Waals surface area contributed by atoms with Gasteiger partial charge in [-0.1, -0.05) is 38.6 Å². The van der Waals surface area contributed by atoms with Crippen LogP contribution in [0.5, 0.6) is 0 Å². The van der Waals surface area contributed by atoms with Crippen molar-refractivity contribution in [3.8, 4) is 17.7 Å². The maximum absolute atomic E-state index is 12.8. The van der Waals surface area contributed by atoms with Crippen LogP contribution in [0, 0.1) is 22.7 Å². The Morgan fingerprint density at radius 3 is 2.97 bits per heavy atom. The van der Waals surface area contributed by atoms with E-state index in [1.54, 1.807) is 29.7 Å². The fourth-order valence-electron chi connectivity index (χ4n) is 4.10. The molecule has 0 saturated heterocycles. The summed E-state index contributed by atoms with van der Waals surface area (Å²) in [7, 11) is 0. The lowest BCUT2D eigenvalue weighted by Gasteiger charge is -2.33. The first-order valence-electron chi connectivity index (χ1n) is 10.9. The molecule has 0 spiro atoms. The fourth-order valence-corrected chi connectivity index (χ4v) is 6.14. The molecule has 4 rings (SSSR count). The van der Waals surface area contributed by atoms with Gasteiger partial charge in [-0.25, -0.2) is 0 Å². The molecule has 33 heavy (non-hydrogen) atoms. The number of rotatable bonds is 7. The van der Waals surface area contributed by atoms with Crippen molar-refractivity contribution >= 4 is 34.0 Å². The van der Waals surface area contributed by atoms with Gasteiger partial charge in [-0.05, 0) is 48.3 Å². The third kappa shape index (κ3) is 4.92. The van der Waals surface area contributed by atoms with Crippen LogP contribution in [-0.4, -0.2) is 26.4 Å². The number of fused-ring (bicyclic) bond motifs is 1. The molecule has 3 heterocycles. The van der Waals surface area contributed by atoms with E-state index < -0.39 is 0 Å². The molecule has 1 amide bonds. The number of amides is 1. The van der Waals surface area contributed by atoms with Gasteiger partial charge in [0.25, 0.3) is 0 Å². The molecule has 1 N–H and O–H groups in total. The Labute approximate surface area is 201 Å². The number of furan rings is 1. The molecule has 3 aromatic heterocycles. The highest BCUT2D eigenvalue weighted by Crippen LogP contribution is 2.44. The number of carbonyl (C=O) groups excluding carboxylic acids is 1. The Bertz CT molecular complexity index is 1190. The summed E-state index contributed by atoms with van der Waals surface area (Å²) in [4.78, 5) is 14.0. The number of anilines is 1. The molecule has 7 nitrogen and oxygen atoms in total. The van der Waals surface area contributed by atoms with E-state index in [9.17, 15) is 10.1 Å². The Morgan fingerprint density at radius 1 is 1.48 bits per heavy atom. The molecule has 0 aromatic carbocycles. The van der Waals surface area contributed by atoms with E-state index >= 15 is 0 Å². The van der Waals surface area contributed by atoms with Gasteiger partial charge >= 0.3 is 0 Å². The molecule has 0 bridgehead atoms. The van der Waals surface area contributed by atoms with Gasteiger partial charge in [0, 0.05) is 11.4 Å². The molecule has 0 unspecified atom stereocenters. The molecule has 0 aliphatic heterocycles. The Kier molecular flexibility index (Phi) is 6.77. The van der Waals surface area contributed by atoms with Crippen LogP contribution >= 0.6 is 23.1 Å². The predicted molar refractivity (Wildman–Crippen MR) is 131 cm³/mol. The van der Waals surface area contributed by atoms with E-state index in [0.29, 0.717) is 39.8 Å². The van der Waals surface area contributed by atoms with Crippen LogP contribution in [0.2, 0.25) is 0 Å². The average Bonchev–Trinajstić information content (AvgIpc) is 3.49. The van der Waals surface area contributed by atoms with Gasteiger partial charge in [-0.15, -0.1) is 28.1 Å². The molecule has 172 valence electrons. The van der Waals surface area contributed by atoms with E-state index in [0.717, 1.165) is 24.8 Å². The highest BCUT2D eigenvalue weighted by atomic mass is 32.2. The SMILES string of the molecule is C=CCn1c(SCC(=O)Nc2sc3c(c2C#N)CC[C@H](C(C)(C)C)C3)nnc1-c1ccco1. The van der Waals surface area contributed by atoms with Crippen LogP contribution in [-0.2, 0) is 24.2 Å². The lowest BCUT2D eigenvalue weighted by molar-refractivity contribution is -0.113. The van der Waals surface area contributed by atoms with Crippen LogP contribution < -0.4 is 5.32 Å². The number of thioether (sulfide) groups is 1. The van der Waals surface area contributed by atoms with Crippen molar-refractivity contribution in [1.82, 2.24) is 14.8 Å². The third-order valence-corrected chi connectivity index (χ3v) is 8.09. The van der Waals surface area contributed by atoms with Gasteiger partial charge in [0.15, 0.2) is 10.9 Å². The van der Waals surface area contributed by atoms with Gasteiger partial charge in [0.05, 0.1) is 17.6 Å².